The first-order valence-electron chi connectivity index (χ1n) is 7.66. The van der Waals surface area contributed by atoms with Crippen molar-refractivity contribution in [2.24, 2.45) is 0 Å². The van der Waals surface area contributed by atoms with E-state index in [9.17, 15) is 0 Å². The smallest absolute Gasteiger partial charge is 0.119 e. The maximum atomic E-state index is 5.79. The van der Waals surface area contributed by atoms with Crippen molar-refractivity contribution in [1.82, 2.24) is 4.90 Å². The lowest BCUT2D eigenvalue weighted by molar-refractivity contribution is 0.249. The van der Waals surface area contributed by atoms with E-state index in [1.807, 2.05) is 0 Å². The Labute approximate surface area is 118 Å². The monoisotopic (exact) mass is 263 g/mol. The molecular formula is C17H29NO. The lowest BCUT2D eigenvalue weighted by atomic mass is 9.99. The number of nitrogens with zero attached hydrogens (tertiary/aromatic N) is 1. The van der Waals surface area contributed by atoms with Gasteiger partial charge in [-0.3, -0.25) is 0 Å². The fourth-order valence-corrected chi connectivity index (χ4v) is 2.15. The second-order valence-electron chi connectivity index (χ2n) is 5.11. The summed E-state index contributed by atoms with van der Waals surface area (Å²) in [7, 11) is 0. The molecule has 0 radical (unpaired) electrons. The first kappa shape index (κ1) is 16.0. The summed E-state index contributed by atoms with van der Waals surface area (Å²) < 4.78 is 5.79. The van der Waals surface area contributed by atoms with Crippen molar-refractivity contribution in [3.63, 3.8) is 0 Å². The Balaban J connectivity index is 2.30. The quantitative estimate of drug-likeness (QED) is 0.616. The molecular weight excluding hydrogens is 234 g/mol. The van der Waals surface area contributed by atoms with Crippen molar-refractivity contribution in [2.75, 3.05) is 26.2 Å². The summed E-state index contributed by atoms with van der Waals surface area (Å²) in [5.74, 6) is 1.63. The second kappa shape index (κ2) is 8.98. The van der Waals surface area contributed by atoms with Crippen LogP contribution in [0.15, 0.2) is 24.3 Å². The Bertz CT molecular complexity index is 330. The maximum absolute atomic E-state index is 5.79. The van der Waals surface area contributed by atoms with Crippen LogP contribution >= 0.6 is 0 Å². The summed E-state index contributed by atoms with van der Waals surface area (Å²) in [5, 5.41) is 0. The highest BCUT2D eigenvalue weighted by Crippen LogP contribution is 2.21. The Morgan fingerprint density at radius 3 is 2.21 bits per heavy atom. The SMILES string of the molecule is CCC(C)c1ccc(OCCCN(CC)CC)cc1. The average molecular weight is 263 g/mol. The minimum absolute atomic E-state index is 0.636. The highest BCUT2D eigenvalue weighted by atomic mass is 16.5. The predicted molar refractivity (Wildman–Crippen MR) is 83.0 cm³/mol. The topological polar surface area (TPSA) is 12.5 Å². The van der Waals surface area contributed by atoms with Gasteiger partial charge in [-0.1, -0.05) is 39.8 Å². The maximum Gasteiger partial charge on any atom is 0.119 e. The Hall–Kier alpha value is -1.02. The lowest BCUT2D eigenvalue weighted by Crippen LogP contribution is -2.25. The molecule has 1 atom stereocenters. The van der Waals surface area contributed by atoms with Crippen LogP contribution in [-0.4, -0.2) is 31.1 Å². The van der Waals surface area contributed by atoms with E-state index in [2.05, 4.69) is 56.9 Å². The van der Waals surface area contributed by atoms with E-state index in [0.717, 1.165) is 38.4 Å². The third-order valence-electron chi connectivity index (χ3n) is 3.84. The molecule has 2 nitrogen and oxygen atoms in total. The van der Waals surface area contributed by atoms with E-state index in [1.165, 1.54) is 12.0 Å². The van der Waals surface area contributed by atoms with Gasteiger partial charge in [-0.15, -0.1) is 0 Å². The predicted octanol–water partition coefficient (Wildman–Crippen LogP) is 4.31. The van der Waals surface area contributed by atoms with Crippen molar-refractivity contribution >= 4 is 0 Å². The molecule has 0 saturated carbocycles. The number of ether oxygens (including phenoxy) is 1. The molecule has 19 heavy (non-hydrogen) atoms. The van der Waals surface area contributed by atoms with Crippen molar-refractivity contribution in [1.29, 1.82) is 0 Å². The zero-order valence-electron chi connectivity index (χ0n) is 13.0. The molecule has 0 heterocycles. The van der Waals surface area contributed by atoms with Gasteiger partial charge in [0, 0.05) is 6.54 Å². The Morgan fingerprint density at radius 1 is 1.05 bits per heavy atom. The number of rotatable bonds is 9. The normalized spacial score (nSPS) is 12.7. The van der Waals surface area contributed by atoms with Crippen LogP contribution in [0.25, 0.3) is 0 Å². The molecule has 108 valence electrons. The molecule has 0 aliphatic heterocycles. The van der Waals surface area contributed by atoms with E-state index in [4.69, 9.17) is 4.74 Å². The Kier molecular flexibility index (Phi) is 7.57. The van der Waals surface area contributed by atoms with Crippen molar-refractivity contribution in [2.45, 2.75) is 46.5 Å². The Morgan fingerprint density at radius 2 is 1.68 bits per heavy atom. The molecule has 0 N–H and O–H groups in total. The van der Waals surface area contributed by atoms with E-state index < -0.39 is 0 Å². The van der Waals surface area contributed by atoms with Crippen molar-refractivity contribution in [3.05, 3.63) is 29.8 Å². The van der Waals surface area contributed by atoms with Gasteiger partial charge in [0.25, 0.3) is 0 Å². The van der Waals surface area contributed by atoms with Gasteiger partial charge >= 0.3 is 0 Å². The second-order valence-corrected chi connectivity index (χ2v) is 5.11. The molecule has 0 aliphatic rings. The summed E-state index contributed by atoms with van der Waals surface area (Å²) in [5.41, 5.74) is 1.40. The van der Waals surface area contributed by atoms with Gasteiger partial charge in [-0.05, 0) is 49.5 Å². The van der Waals surface area contributed by atoms with E-state index in [-0.39, 0.29) is 0 Å². The van der Waals surface area contributed by atoms with E-state index in [1.54, 1.807) is 0 Å². The van der Waals surface area contributed by atoms with Gasteiger partial charge in [0.05, 0.1) is 6.61 Å². The first-order chi connectivity index (χ1) is 9.21. The minimum atomic E-state index is 0.636. The zero-order chi connectivity index (χ0) is 14.1. The molecule has 1 aromatic carbocycles. The summed E-state index contributed by atoms with van der Waals surface area (Å²) in [6.45, 7) is 13.1. The summed E-state index contributed by atoms with van der Waals surface area (Å²) >= 11 is 0. The molecule has 2 heteroatoms. The standard InChI is InChI=1S/C17H29NO/c1-5-15(4)16-9-11-17(12-10-16)19-14-8-13-18(6-2)7-3/h9-12,15H,5-8,13-14H2,1-4H3. The molecule has 0 aliphatic carbocycles. The van der Waals surface area contributed by atoms with E-state index in [0.29, 0.717) is 5.92 Å². The molecule has 0 fully saturated rings. The van der Waals surface area contributed by atoms with Gasteiger partial charge < -0.3 is 9.64 Å². The summed E-state index contributed by atoms with van der Waals surface area (Å²) in [6, 6.07) is 8.57. The summed E-state index contributed by atoms with van der Waals surface area (Å²) in [6.07, 6.45) is 2.28. The zero-order valence-corrected chi connectivity index (χ0v) is 13.0. The highest BCUT2D eigenvalue weighted by Gasteiger charge is 2.03. The van der Waals surface area contributed by atoms with Gasteiger partial charge in [0.1, 0.15) is 5.75 Å². The van der Waals surface area contributed by atoms with Crippen LogP contribution in [0, 0.1) is 0 Å². The van der Waals surface area contributed by atoms with E-state index >= 15 is 0 Å². The van der Waals surface area contributed by atoms with Gasteiger partial charge in [0.15, 0.2) is 0 Å². The fourth-order valence-electron chi connectivity index (χ4n) is 2.15. The number of benzene rings is 1. The fraction of sp³-hybridized carbons (Fsp3) is 0.647. The summed E-state index contributed by atoms with van der Waals surface area (Å²) in [4.78, 5) is 2.43. The van der Waals surface area contributed by atoms with Crippen LogP contribution in [0.2, 0.25) is 0 Å². The molecule has 0 aromatic heterocycles. The molecule has 0 spiro atoms. The van der Waals surface area contributed by atoms with Crippen LogP contribution in [0.5, 0.6) is 5.75 Å². The van der Waals surface area contributed by atoms with Gasteiger partial charge in [-0.2, -0.15) is 0 Å². The van der Waals surface area contributed by atoms with Crippen molar-refractivity contribution < 1.29 is 4.74 Å². The van der Waals surface area contributed by atoms with Crippen LogP contribution in [0.4, 0.5) is 0 Å². The third kappa shape index (κ3) is 5.65. The molecule has 1 aromatic rings. The molecule has 0 bridgehead atoms. The van der Waals surface area contributed by atoms with Gasteiger partial charge in [-0.25, -0.2) is 0 Å². The highest BCUT2D eigenvalue weighted by molar-refractivity contribution is 5.29. The number of hydrogen-bond acceptors (Lipinski definition) is 2. The van der Waals surface area contributed by atoms with Gasteiger partial charge in [0.2, 0.25) is 0 Å². The molecule has 0 saturated heterocycles. The van der Waals surface area contributed by atoms with Crippen LogP contribution in [-0.2, 0) is 0 Å². The van der Waals surface area contributed by atoms with Crippen molar-refractivity contribution in [3.8, 4) is 5.75 Å². The molecule has 1 rings (SSSR count). The minimum Gasteiger partial charge on any atom is -0.494 e. The lowest BCUT2D eigenvalue weighted by Gasteiger charge is -2.17. The van der Waals surface area contributed by atoms with Crippen LogP contribution in [0.3, 0.4) is 0 Å². The third-order valence-corrected chi connectivity index (χ3v) is 3.84. The van der Waals surface area contributed by atoms with Crippen LogP contribution in [0.1, 0.15) is 52.0 Å². The first-order valence-corrected chi connectivity index (χ1v) is 7.66. The number of hydrogen-bond donors (Lipinski definition) is 0. The molecule has 0 amide bonds. The average Bonchev–Trinajstić information content (AvgIpc) is 2.47. The largest absolute Gasteiger partial charge is 0.494 e. The van der Waals surface area contributed by atoms with Crippen LogP contribution < -0.4 is 4.74 Å². The molecule has 1 unspecified atom stereocenters.